The normalized spacial score (nSPS) is 14.9. The van der Waals surface area contributed by atoms with Gasteiger partial charge >= 0.3 is 11.9 Å². The third kappa shape index (κ3) is 17.1. The average molecular weight is 525 g/mol. The van der Waals surface area contributed by atoms with Crippen LogP contribution in [0.2, 0.25) is 0 Å². The summed E-state index contributed by atoms with van der Waals surface area (Å²) in [6.45, 7) is 2.61. The van der Waals surface area contributed by atoms with E-state index in [4.69, 9.17) is 10.2 Å². The maximum absolute atomic E-state index is 12.5. The predicted octanol–water partition coefficient (Wildman–Crippen LogP) is 5.92. The lowest BCUT2D eigenvalue weighted by Crippen LogP contribution is -2.46. The van der Waals surface area contributed by atoms with Gasteiger partial charge in [0.2, 0.25) is 11.8 Å². The van der Waals surface area contributed by atoms with Crippen molar-refractivity contribution >= 4 is 23.8 Å². The Bertz CT molecular complexity index is 661. The van der Waals surface area contributed by atoms with Gasteiger partial charge in [-0.25, -0.2) is 0 Å². The fourth-order valence-corrected chi connectivity index (χ4v) is 4.97. The van der Waals surface area contributed by atoms with Crippen molar-refractivity contribution in [3.8, 4) is 0 Å². The lowest BCUT2D eigenvalue weighted by molar-refractivity contribution is -0.142. The van der Waals surface area contributed by atoms with E-state index in [0.717, 1.165) is 32.1 Å². The molecule has 1 fully saturated rings. The maximum Gasteiger partial charge on any atom is 0.325 e. The van der Waals surface area contributed by atoms with Gasteiger partial charge in [0.15, 0.2) is 0 Å². The van der Waals surface area contributed by atoms with Crippen LogP contribution >= 0.6 is 0 Å². The van der Waals surface area contributed by atoms with E-state index in [1.165, 1.54) is 77.6 Å². The molecule has 0 aliphatic carbocycles. The van der Waals surface area contributed by atoms with Crippen LogP contribution in [-0.2, 0) is 19.2 Å². The monoisotopic (exact) mass is 524 g/mol. The van der Waals surface area contributed by atoms with E-state index in [-0.39, 0.29) is 17.7 Å². The molecule has 1 rings (SSSR count). The number of nitrogens with one attached hydrogen (secondary N) is 1. The van der Waals surface area contributed by atoms with Gasteiger partial charge in [-0.1, -0.05) is 89.9 Å². The number of carbonyl (C=O) groups excluding carboxylic acids is 2. The van der Waals surface area contributed by atoms with Crippen LogP contribution in [0.5, 0.6) is 0 Å². The van der Waals surface area contributed by atoms with Gasteiger partial charge in [-0.2, -0.15) is 0 Å². The molecule has 3 N–H and O–H groups in total. The van der Waals surface area contributed by atoms with Gasteiger partial charge in [-0.15, -0.1) is 0 Å². The van der Waals surface area contributed by atoms with Crippen LogP contribution in [0.1, 0.15) is 135 Å². The number of nitrogens with zero attached hydrogens (tertiary/aromatic N) is 1. The number of carbonyl (C=O) groups is 4. The summed E-state index contributed by atoms with van der Waals surface area (Å²) in [6.07, 6.45) is 21.2. The summed E-state index contributed by atoms with van der Waals surface area (Å²) in [6, 6.07) is -0.886. The standard InChI is InChI=1S/C29H52N2O6/c1-24(29(36)37)30-28(35)25-20-22-31(23-21-25)26(32)18-16-14-12-10-8-6-4-2-3-5-7-9-11-13-15-17-19-27(33)34/h24-25H,2-23H2,1H3,(H,30,35)(H,33,34)(H,36,37)/t24-/m1/s1. The second-order valence-corrected chi connectivity index (χ2v) is 10.8. The quantitative estimate of drug-likeness (QED) is 0.151. The topological polar surface area (TPSA) is 124 Å². The third-order valence-corrected chi connectivity index (χ3v) is 7.48. The minimum absolute atomic E-state index is 0.177. The number of carboxylic acids is 2. The van der Waals surface area contributed by atoms with Crippen LogP contribution < -0.4 is 5.32 Å². The average Bonchev–Trinajstić information content (AvgIpc) is 2.87. The van der Waals surface area contributed by atoms with Crippen LogP contribution in [0.4, 0.5) is 0 Å². The molecule has 0 bridgehead atoms. The first-order valence-corrected chi connectivity index (χ1v) is 14.8. The van der Waals surface area contributed by atoms with E-state index in [1.54, 1.807) is 0 Å². The Hall–Kier alpha value is -2.12. The van der Waals surface area contributed by atoms with Crippen LogP contribution in [-0.4, -0.2) is 58.0 Å². The molecule has 1 saturated heterocycles. The Morgan fingerprint density at radius 2 is 1.05 bits per heavy atom. The van der Waals surface area contributed by atoms with Crippen LogP contribution in [0.25, 0.3) is 0 Å². The molecule has 8 heteroatoms. The fourth-order valence-electron chi connectivity index (χ4n) is 4.97. The minimum Gasteiger partial charge on any atom is -0.481 e. The molecular weight excluding hydrogens is 472 g/mol. The van der Waals surface area contributed by atoms with Crippen molar-refractivity contribution in [3.63, 3.8) is 0 Å². The lowest BCUT2D eigenvalue weighted by atomic mass is 9.95. The molecule has 0 spiro atoms. The van der Waals surface area contributed by atoms with Crippen LogP contribution in [0.3, 0.4) is 0 Å². The molecule has 37 heavy (non-hydrogen) atoms. The zero-order valence-corrected chi connectivity index (χ0v) is 23.2. The molecule has 2 amide bonds. The highest BCUT2D eigenvalue weighted by Gasteiger charge is 2.28. The second-order valence-electron chi connectivity index (χ2n) is 10.8. The summed E-state index contributed by atoms with van der Waals surface area (Å²) in [5, 5.41) is 20.1. The number of likely N-dealkylation sites (tertiary alicyclic amines) is 1. The molecular formula is C29H52N2O6. The Morgan fingerprint density at radius 1 is 0.676 bits per heavy atom. The van der Waals surface area contributed by atoms with Crippen molar-refractivity contribution < 1.29 is 29.4 Å². The molecule has 1 aliphatic rings. The van der Waals surface area contributed by atoms with Crippen molar-refractivity contribution in [1.29, 1.82) is 0 Å². The van der Waals surface area contributed by atoms with Crippen LogP contribution in [0.15, 0.2) is 0 Å². The van der Waals surface area contributed by atoms with Crippen LogP contribution in [0, 0.1) is 5.92 Å². The van der Waals surface area contributed by atoms with E-state index >= 15 is 0 Å². The number of hydrogen-bond donors (Lipinski definition) is 3. The Morgan fingerprint density at radius 3 is 1.43 bits per heavy atom. The molecule has 0 unspecified atom stereocenters. The molecule has 0 aromatic heterocycles. The molecule has 0 aromatic carbocycles. The van der Waals surface area contributed by atoms with Gasteiger partial charge in [0, 0.05) is 31.8 Å². The van der Waals surface area contributed by atoms with Crippen molar-refractivity contribution in [2.75, 3.05) is 13.1 Å². The third-order valence-electron chi connectivity index (χ3n) is 7.48. The summed E-state index contributed by atoms with van der Waals surface area (Å²) in [5.41, 5.74) is 0. The van der Waals surface area contributed by atoms with E-state index < -0.39 is 18.0 Å². The van der Waals surface area contributed by atoms with Gasteiger partial charge in [-0.3, -0.25) is 19.2 Å². The van der Waals surface area contributed by atoms with Gasteiger partial charge in [0.1, 0.15) is 6.04 Å². The van der Waals surface area contributed by atoms with E-state index in [9.17, 15) is 19.2 Å². The van der Waals surface area contributed by atoms with Crippen molar-refractivity contribution in [2.24, 2.45) is 5.92 Å². The van der Waals surface area contributed by atoms with E-state index in [2.05, 4.69) is 5.32 Å². The zero-order valence-electron chi connectivity index (χ0n) is 23.2. The van der Waals surface area contributed by atoms with Gasteiger partial charge in [-0.05, 0) is 32.6 Å². The smallest absolute Gasteiger partial charge is 0.325 e. The maximum atomic E-state index is 12.5. The van der Waals surface area contributed by atoms with E-state index in [0.29, 0.717) is 38.8 Å². The first-order valence-electron chi connectivity index (χ1n) is 14.8. The number of hydrogen-bond acceptors (Lipinski definition) is 4. The largest absolute Gasteiger partial charge is 0.481 e. The molecule has 214 valence electrons. The summed E-state index contributed by atoms with van der Waals surface area (Å²) >= 11 is 0. The first-order chi connectivity index (χ1) is 17.8. The Labute approximate surface area is 223 Å². The van der Waals surface area contributed by atoms with Gasteiger partial charge < -0.3 is 20.4 Å². The van der Waals surface area contributed by atoms with Crippen molar-refractivity contribution in [1.82, 2.24) is 10.2 Å². The number of piperidine rings is 1. The lowest BCUT2D eigenvalue weighted by Gasteiger charge is -2.31. The van der Waals surface area contributed by atoms with Gasteiger partial charge in [0.25, 0.3) is 0 Å². The SMILES string of the molecule is C[C@@H](NC(=O)C1CCN(C(=O)CCCCCCCCCCCCCCCCCCC(=O)O)CC1)C(=O)O. The zero-order chi connectivity index (χ0) is 27.3. The predicted molar refractivity (Wildman–Crippen MR) is 145 cm³/mol. The highest BCUT2D eigenvalue weighted by molar-refractivity contribution is 5.85. The summed E-state index contributed by atoms with van der Waals surface area (Å²) in [4.78, 5) is 47.8. The molecule has 0 aromatic rings. The molecule has 0 radical (unpaired) electrons. The number of aliphatic carboxylic acids is 2. The number of rotatable bonds is 22. The minimum atomic E-state index is -1.04. The van der Waals surface area contributed by atoms with Crippen molar-refractivity contribution in [3.05, 3.63) is 0 Å². The molecule has 1 aliphatic heterocycles. The Kier molecular flexibility index (Phi) is 18.6. The molecule has 8 nitrogen and oxygen atoms in total. The summed E-state index contributed by atoms with van der Waals surface area (Å²) < 4.78 is 0. The number of unbranched alkanes of at least 4 members (excludes halogenated alkanes) is 15. The number of carboxylic acid groups (broad SMARTS) is 2. The highest BCUT2D eigenvalue weighted by Crippen LogP contribution is 2.19. The van der Waals surface area contributed by atoms with Crippen molar-refractivity contribution in [2.45, 2.75) is 141 Å². The summed E-state index contributed by atoms with van der Waals surface area (Å²) in [7, 11) is 0. The molecule has 0 saturated carbocycles. The summed E-state index contributed by atoms with van der Waals surface area (Å²) in [5.74, 6) is -1.98. The fraction of sp³-hybridized carbons (Fsp3) is 0.862. The van der Waals surface area contributed by atoms with Gasteiger partial charge in [0.05, 0.1) is 0 Å². The second kappa shape index (κ2) is 20.9. The molecule has 1 atom stereocenters. The Balaban J connectivity index is 1.87. The number of amides is 2. The first kappa shape index (κ1) is 32.9. The van der Waals surface area contributed by atoms with E-state index in [1.807, 2.05) is 4.90 Å². The molecule has 1 heterocycles. The highest BCUT2D eigenvalue weighted by atomic mass is 16.4.